The van der Waals surface area contributed by atoms with Crippen molar-refractivity contribution in [2.24, 2.45) is 0 Å². The number of carbonyl (C=O) groups is 1. The van der Waals surface area contributed by atoms with Crippen LogP contribution in [0.2, 0.25) is 0 Å². The molecule has 3 aromatic carbocycles. The number of hydrogen-bond donors (Lipinski definition) is 1. The number of oxazole rings is 1. The maximum absolute atomic E-state index is 12.4. The molecule has 0 unspecified atom stereocenters. The lowest BCUT2D eigenvalue weighted by Gasteiger charge is -2.15. The third-order valence-electron chi connectivity index (χ3n) is 5.64. The largest absolute Gasteiger partial charge is 0.483 e. The minimum absolute atomic E-state index is 0.0474. The fourth-order valence-electron chi connectivity index (χ4n) is 3.71. The highest BCUT2D eigenvalue weighted by Crippen LogP contribution is 2.29. The van der Waals surface area contributed by atoms with Crippen molar-refractivity contribution < 1.29 is 13.9 Å². The van der Waals surface area contributed by atoms with Gasteiger partial charge in [-0.15, -0.1) is 0 Å². The maximum atomic E-state index is 12.4. The quantitative estimate of drug-likeness (QED) is 0.332. The Kier molecular flexibility index (Phi) is 6.50. The predicted molar refractivity (Wildman–Crippen MR) is 133 cm³/mol. The van der Waals surface area contributed by atoms with Gasteiger partial charge in [0.2, 0.25) is 5.89 Å². The van der Waals surface area contributed by atoms with E-state index in [1.54, 1.807) is 0 Å². The Balaban J connectivity index is 1.41. The summed E-state index contributed by atoms with van der Waals surface area (Å²) in [6.45, 7) is 10.5. The molecule has 0 saturated carbocycles. The van der Waals surface area contributed by atoms with Crippen molar-refractivity contribution in [3.05, 3.63) is 77.4 Å². The summed E-state index contributed by atoms with van der Waals surface area (Å²) in [5, 5.41) is 2.89. The Hall–Kier alpha value is -3.60. The molecule has 0 fully saturated rings. The Morgan fingerprint density at radius 1 is 0.970 bits per heavy atom. The SMILES string of the molecule is Cc1ccc(C(C)C)c(OCC(=O)Nc2ccc(-c3nc4cc(C(C)C)ccc4o3)cc2)c1. The van der Waals surface area contributed by atoms with Crippen LogP contribution in [0.1, 0.15) is 56.2 Å². The number of benzene rings is 3. The molecule has 4 aromatic rings. The summed E-state index contributed by atoms with van der Waals surface area (Å²) in [7, 11) is 0. The van der Waals surface area contributed by atoms with Gasteiger partial charge in [0.05, 0.1) is 0 Å². The van der Waals surface area contributed by atoms with Gasteiger partial charge in [0.25, 0.3) is 5.91 Å². The molecule has 0 bridgehead atoms. The zero-order valence-electron chi connectivity index (χ0n) is 19.8. The first-order valence-corrected chi connectivity index (χ1v) is 11.3. The minimum atomic E-state index is -0.206. The third-order valence-corrected chi connectivity index (χ3v) is 5.64. The summed E-state index contributed by atoms with van der Waals surface area (Å²) in [5.41, 5.74) is 6.59. The van der Waals surface area contributed by atoms with Crippen molar-refractivity contribution in [3.8, 4) is 17.2 Å². The molecule has 1 aromatic heterocycles. The minimum Gasteiger partial charge on any atom is -0.483 e. The molecular weight excluding hydrogens is 412 g/mol. The van der Waals surface area contributed by atoms with E-state index in [-0.39, 0.29) is 12.5 Å². The average molecular weight is 443 g/mol. The molecule has 0 aliphatic rings. The lowest BCUT2D eigenvalue weighted by molar-refractivity contribution is -0.118. The number of amides is 1. The number of nitrogens with one attached hydrogen (secondary N) is 1. The van der Waals surface area contributed by atoms with Gasteiger partial charge < -0.3 is 14.5 Å². The van der Waals surface area contributed by atoms with Crippen LogP contribution in [-0.4, -0.2) is 17.5 Å². The molecule has 5 nitrogen and oxygen atoms in total. The van der Waals surface area contributed by atoms with Crippen LogP contribution < -0.4 is 10.1 Å². The number of hydrogen-bond acceptors (Lipinski definition) is 4. The van der Waals surface area contributed by atoms with Crippen LogP contribution in [0, 0.1) is 6.92 Å². The van der Waals surface area contributed by atoms with Gasteiger partial charge in [-0.05, 0) is 77.9 Å². The summed E-state index contributed by atoms with van der Waals surface area (Å²) >= 11 is 0. The molecule has 1 heterocycles. The Labute approximate surface area is 194 Å². The van der Waals surface area contributed by atoms with Crippen LogP contribution in [0.25, 0.3) is 22.6 Å². The topological polar surface area (TPSA) is 64.4 Å². The molecule has 0 saturated heterocycles. The standard InChI is InChI=1S/C28H30N2O3/c1-17(2)21-9-13-25-24(15-21)30-28(33-25)20-7-10-22(11-8-20)29-27(31)16-32-26-14-19(5)6-12-23(26)18(3)4/h6-15,17-18H,16H2,1-5H3,(H,29,31). The van der Waals surface area contributed by atoms with E-state index in [1.165, 1.54) is 5.56 Å². The predicted octanol–water partition coefficient (Wildman–Crippen LogP) is 7.07. The van der Waals surface area contributed by atoms with E-state index in [1.807, 2.05) is 43.3 Å². The molecule has 1 amide bonds. The van der Waals surface area contributed by atoms with E-state index in [2.05, 4.69) is 62.3 Å². The Morgan fingerprint density at radius 3 is 2.42 bits per heavy atom. The molecule has 33 heavy (non-hydrogen) atoms. The Morgan fingerprint density at radius 2 is 1.73 bits per heavy atom. The van der Waals surface area contributed by atoms with Gasteiger partial charge in [-0.25, -0.2) is 4.98 Å². The molecule has 0 atom stereocenters. The number of carbonyl (C=O) groups excluding carboxylic acids is 1. The Bertz CT molecular complexity index is 1270. The number of aromatic nitrogens is 1. The van der Waals surface area contributed by atoms with E-state index in [4.69, 9.17) is 9.15 Å². The number of anilines is 1. The second kappa shape index (κ2) is 9.49. The lowest BCUT2D eigenvalue weighted by Crippen LogP contribution is -2.20. The highest BCUT2D eigenvalue weighted by molar-refractivity contribution is 5.92. The van der Waals surface area contributed by atoms with Crippen molar-refractivity contribution in [3.63, 3.8) is 0 Å². The van der Waals surface area contributed by atoms with Crippen molar-refractivity contribution in [2.75, 3.05) is 11.9 Å². The maximum Gasteiger partial charge on any atom is 0.262 e. The van der Waals surface area contributed by atoms with Crippen LogP contribution in [-0.2, 0) is 4.79 Å². The van der Waals surface area contributed by atoms with Crippen molar-refractivity contribution in [1.29, 1.82) is 0 Å². The lowest BCUT2D eigenvalue weighted by atomic mass is 10.0. The summed E-state index contributed by atoms with van der Waals surface area (Å²) < 4.78 is 11.7. The van der Waals surface area contributed by atoms with Crippen LogP contribution >= 0.6 is 0 Å². The molecule has 0 aliphatic heterocycles. The second-order valence-electron chi connectivity index (χ2n) is 9.01. The molecular formula is C28H30N2O3. The summed E-state index contributed by atoms with van der Waals surface area (Å²) in [6.07, 6.45) is 0. The fraction of sp³-hybridized carbons (Fsp3) is 0.286. The van der Waals surface area contributed by atoms with Gasteiger partial charge in [-0.3, -0.25) is 4.79 Å². The molecule has 170 valence electrons. The van der Waals surface area contributed by atoms with Crippen LogP contribution in [0.4, 0.5) is 5.69 Å². The van der Waals surface area contributed by atoms with E-state index >= 15 is 0 Å². The van der Waals surface area contributed by atoms with Crippen molar-refractivity contribution >= 4 is 22.7 Å². The monoisotopic (exact) mass is 442 g/mol. The molecule has 0 spiro atoms. The van der Waals surface area contributed by atoms with Crippen LogP contribution in [0.5, 0.6) is 5.75 Å². The number of fused-ring (bicyclic) bond motifs is 1. The molecule has 1 N–H and O–H groups in total. The van der Waals surface area contributed by atoms with Gasteiger partial charge >= 0.3 is 0 Å². The normalized spacial score (nSPS) is 11.4. The highest BCUT2D eigenvalue weighted by atomic mass is 16.5. The first kappa shape index (κ1) is 22.6. The van der Waals surface area contributed by atoms with Gasteiger partial charge in [0, 0.05) is 11.3 Å². The number of aryl methyl sites for hydroxylation is 1. The van der Waals surface area contributed by atoms with E-state index in [0.717, 1.165) is 33.5 Å². The highest BCUT2D eigenvalue weighted by Gasteiger charge is 2.12. The van der Waals surface area contributed by atoms with Crippen molar-refractivity contribution in [1.82, 2.24) is 4.98 Å². The summed E-state index contributed by atoms with van der Waals surface area (Å²) in [5.74, 6) is 1.87. The van der Waals surface area contributed by atoms with Crippen LogP contribution in [0.3, 0.4) is 0 Å². The van der Waals surface area contributed by atoms with E-state index in [9.17, 15) is 4.79 Å². The number of nitrogens with zero attached hydrogens (tertiary/aromatic N) is 1. The van der Waals surface area contributed by atoms with E-state index < -0.39 is 0 Å². The smallest absolute Gasteiger partial charge is 0.262 e. The third kappa shape index (κ3) is 5.25. The molecule has 4 rings (SSSR count). The van der Waals surface area contributed by atoms with Gasteiger partial charge in [0.15, 0.2) is 12.2 Å². The zero-order valence-corrected chi connectivity index (χ0v) is 19.8. The summed E-state index contributed by atoms with van der Waals surface area (Å²) in [6, 6.07) is 19.7. The summed E-state index contributed by atoms with van der Waals surface area (Å²) in [4.78, 5) is 17.1. The van der Waals surface area contributed by atoms with Gasteiger partial charge in [-0.2, -0.15) is 0 Å². The number of rotatable bonds is 7. The second-order valence-corrected chi connectivity index (χ2v) is 9.01. The first-order chi connectivity index (χ1) is 15.8. The zero-order chi connectivity index (χ0) is 23.5. The molecule has 0 radical (unpaired) electrons. The molecule has 0 aliphatic carbocycles. The van der Waals surface area contributed by atoms with Gasteiger partial charge in [0.1, 0.15) is 11.3 Å². The van der Waals surface area contributed by atoms with Crippen molar-refractivity contribution in [2.45, 2.75) is 46.5 Å². The van der Waals surface area contributed by atoms with Crippen LogP contribution in [0.15, 0.2) is 65.1 Å². The van der Waals surface area contributed by atoms with Gasteiger partial charge in [-0.1, -0.05) is 45.9 Å². The average Bonchev–Trinajstić information content (AvgIpc) is 3.21. The molecule has 5 heteroatoms. The first-order valence-electron chi connectivity index (χ1n) is 11.3. The fourth-order valence-corrected chi connectivity index (χ4v) is 3.71. The number of ether oxygens (including phenoxy) is 1. The van der Waals surface area contributed by atoms with E-state index in [0.29, 0.717) is 23.4 Å².